The Morgan fingerprint density at radius 2 is 2.12 bits per heavy atom. The van der Waals surface area contributed by atoms with Crippen LogP contribution in [-0.2, 0) is 11.3 Å². The lowest BCUT2D eigenvalue weighted by atomic mass is 10.2. The van der Waals surface area contributed by atoms with Crippen LogP contribution in [0.2, 0.25) is 0 Å². The molecule has 5 nitrogen and oxygen atoms in total. The summed E-state index contributed by atoms with van der Waals surface area (Å²) in [5, 5.41) is 5.05. The Kier molecular flexibility index (Phi) is 3.02. The van der Waals surface area contributed by atoms with Gasteiger partial charge < -0.3 is 4.74 Å². The van der Waals surface area contributed by atoms with Crippen LogP contribution in [0.4, 0.5) is 0 Å². The molecule has 2 aromatic rings. The molecular weight excluding hydrogens is 226 g/mol. The van der Waals surface area contributed by atoms with Gasteiger partial charge in [-0.25, -0.2) is 14.5 Å². The molecular formula is C10H11N3O2S. The van der Waals surface area contributed by atoms with Crippen molar-refractivity contribution < 1.29 is 4.74 Å². The van der Waals surface area contributed by atoms with Crippen LogP contribution in [0.1, 0.15) is 5.56 Å². The number of para-hydroxylation sites is 1. The van der Waals surface area contributed by atoms with Gasteiger partial charge in [-0.15, -0.1) is 0 Å². The predicted molar refractivity (Wildman–Crippen MR) is 62.3 cm³/mol. The molecule has 16 heavy (non-hydrogen) atoms. The van der Waals surface area contributed by atoms with Gasteiger partial charge in [-0.05, 0) is 18.3 Å². The zero-order valence-corrected chi connectivity index (χ0v) is 9.50. The highest BCUT2D eigenvalue weighted by Crippen LogP contribution is 2.13. The second kappa shape index (κ2) is 4.46. The zero-order valence-electron chi connectivity index (χ0n) is 8.69. The highest BCUT2D eigenvalue weighted by Gasteiger charge is 2.07. The molecule has 84 valence electrons. The van der Waals surface area contributed by atoms with E-state index in [0.717, 1.165) is 11.3 Å². The van der Waals surface area contributed by atoms with E-state index in [-0.39, 0.29) is 5.69 Å². The topological polar surface area (TPSA) is 62.8 Å². The molecule has 0 aliphatic rings. The number of methoxy groups -OCH3 is 1. The van der Waals surface area contributed by atoms with Crippen molar-refractivity contribution in [1.82, 2.24) is 14.8 Å². The van der Waals surface area contributed by atoms with Gasteiger partial charge >= 0.3 is 5.69 Å². The summed E-state index contributed by atoms with van der Waals surface area (Å²) in [6, 6.07) is 7.46. The van der Waals surface area contributed by atoms with Crippen LogP contribution in [0.25, 0.3) is 5.69 Å². The molecule has 6 heteroatoms. The fourth-order valence-electron chi connectivity index (χ4n) is 1.54. The Bertz CT molecular complexity index is 569. The third-order valence-corrected chi connectivity index (χ3v) is 2.50. The molecule has 1 aromatic carbocycles. The van der Waals surface area contributed by atoms with E-state index in [2.05, 4.69) is 10.2 Å². The fraction of sp³-hybridized carbons (Fsp3) is 0.200. The maximum atomic E-state index is 11.6. The first-order valence-corrected chi connectivity index (χ1v) is 5.12. The Hall–Kier alpha value is -1.66. The molecule has 0 aliphatic heterocycles. The van der Waals surface area contributed by atoms with Crippen molar-refractivity contribution in [1.29, 1.82) is 0 Å². The largest absolute Gasteiger partial charge is 0.380 e. The Morgan fingerprint density at radius 3 is 2.75 bits per heavy atom. The lowest BCUT2D eigenvalue weighted by Gasteiger charge is -2.07. The van der Waals surface area contributed by atoms with Crippen LogP contribution in [0, 0.1) is 4.77 Å². The quantitative estimate of drug-likeness (QED) is 0.792. The maximum absolute atomic E-state index is 11.6. The van der Waals surface area contributed by atoms with Crippen LogP contribution >= 0.6 is 12.2 Å². The SMILES string of the molecule is COCc1ccccc1-n1c(=O)[nH][nH]c1=S. The number of aromatic amines is 2. The Balaban J connectivity index is 2.64. The summed E-state index contributed by atoms with van der Waals surface area (Å²) >= 11 is 5.03. The van der Waals surface area contributed by atoms with E-state index in [0.29, 0.717) is 11.4 Å². The van der Waals surface area contributed by atoms with Crippen LogP contribution in [-0.4, -0.2) is 21.9 Å². The molecule has 1 aromatic heterocycles. The van der Waals surface area contributed by atoms with Gasteiger partial charge in [0.2, 0.25) is 4.77 Å². The molecule has 2 rings (SSSR count). The molecule has 2 N–H and O–H groups in total. The summed E-state index contributed by atoms with van der Waals surface area (Å²) in [6.07, 6.45) is 0. The van der Waals surface area contributed by atoms with E-state index >= 15 is 0 Å². The van der Waals surface area contributed by atoms with Gasteiger partial charge in [-0.3, -0.25) is 5.10 Å². The van der Waals surface area contributed by atoms with Gasteiger partial charge in [0.1, 0.15) is 0 Å². The molecule has 0 unspecified atom stereocenters. The van der Waals surface area contributed by atoms with Crippen LogP contribution in [0.15, 0.2) is 29.1 Å². The normalized spacial score (nSPS) is 10.6. The summed E-state index contributed by atoms with van der Waals surface area (Å²) in [4.78, 5) is 11.6. The summed E-state index contributed by atoms with van der Waals surface area (Å²) < 4.78 is 6.82. The molecule has 0 amide bonds. The summed E-state index contributed by atoms with van der Waals surface area (Å²) in [7, 11) is 1.61. The molecule has 0 saturated carbocycles. The lowest BCUT2D eigenvalue weighted by molar-refractivity contribution is 0.184. The number of hydrogen-bond donors (Lipinski definition) is 2. The predicted octanol–water partition coefficient (Wildman–Crippen LogP) is 1.37. The van der Waals surface area contributed by atoms with E-state index in [1.807, 2.05) is 24.3 Å². The van der Waals surface area contributed by atoms with E-state index in [4.69, 9.17) is 17.0 Å². The number of H-pyrrole nitrogens is 2. The van der Waals surface area contributed by atoms with Crippen molar-refractivity contribution in [2.45, 2.75) is 6.61 Å². The second-order valence-corrected chi connectivity index (χ2v) is 3.64. The maximum Gasteiger partial charge on any atom is 0.347 e. The number of ether oxygens (including phenoxy) is 1. The molecule has 0 radical (unpaired) electrons. The number of aromatic nitrogens is 3. The van der Waals surface area contributed by atoms with Crippen molar-refractivity contribution in [2.24, 2.45) is 0 Å². The highest BCUT2D eigenvalue weighted by molar-refractivity contribution is 7.71. The third kappa shape index (κ3) is 1.84. The van der Waals surface area contributed by atoms with Gasteiger partial charge in [0, 0.05) is 12.7 Å². The van der Waals surface area contributed by atoms with Gasteiger partial charge in [-0.2, -0.15) is 0 Å². The average molecular weight is 237 g/mol. The number of benzene rings is 1. The minimum atomic E-state index is -0.284. The molecule has 1 heterocycles. The first-order valence-electron chi connectivity index (χ1n) is 4.71. The minimum absolute atomic E-state index is 0.284. The molecule has 0 fully saturated rings. The molecule has 0 spiro atoms. The molecule has 0 aliphatic carbocycles. The summed E-state index contributed by atoms with van der Waals surface area (Å²) in [6.45, 7) is 0.433. The van der Waals surface area contributed by atoms with Gasteiger partial charge in [0.15, 0.2) is 0 Å². The van der Waals surface area contributed by atoms with E-state index in [1.165, 1.54) is 4.57 Å². The van der Waals surface area contributed by atoms with Crippen molar-refractivity contribution >= 4 is 12.2 Å². The van der Waals surface area contributed by atoms with Crippen molar-refractivity contribution in [2.75, 3.05) is 7.11 Å². The molecule has 0 atom stereocenters. The van der Waals surface area contributed by atoms with E-state index in [1.54, 1.807) is 7.11 Å². The number of rotatable bonds is 3. The number of nitrogens with zero attached hydrogens (tertiary/aromatic N) is 1. The van der Waals surface area contributed by atoms with E-state index in [9.17, 15) is 4.79 Å². The Labute approximate surface area is 96.7 Å². The lowest BCUT2D eigenvalue weighted by Crippen LogP contribution is -2.16. The minimum Gasteiger partial charge on any atom is -0.380 e. The van der Waals surface area contributed by atoms with Crippen LogP contribution in [0.3, 0.4) is 0 Å². The summed E-state index contributed by atoms with van der Waals surface area (Å²) in [5.41, 5.74) is 1.36. The Morgan fingerprint density at radius 1 is 1.38 bits per heavy atom. The van der Waals surface area contributed by atoms with Crippen molar-refractivity contribution in [3.8, 4) is 5.69 Å². The van der Waals surface area contributed by atoms with Crippen LogP contribution < -0.4 is 5.69 Å². The zero-order chi connectivity index (χ0) is 11.5. The second-order valence-electron chi connectivity index (χ2n) is 3.26. The molecule has 0 saturated heterocycles. The van der Waals surface area contributed by atoms with Crippen LogP contribution in [0.5, 0.6) is 0 Å². The average Bonchev–Trinajstić information content (AvgIpc) is 2.60. The third-order valence-electron chi connectivity index (χ3n) is 2.21. The van der Waals surface area contributed by atoms with Gasteiger partial charge in [0.25, 0.3) is 0 Å². The first-order chi connectivity index (χ1) is 7.74. The highest BCUT2D eigenvalue weighted by atomic mass is 32.1. The number of hydrogen-bond acceptors (Lipinski definition) is 3. The van der Waals surface area contributed by atoms with Gasteiger partial charge in [0.05, 0.1) is 12.3 Å². The monoisotopic (exact) mass is 237 g/mol. The van der Waals surface area contributed by atoms with Crippen molar-refractivity contribution in [3.63, 3.8) is 0 Å². The van der Waals surface area contributed by atoms with Gasteiger partial charge in [-0.1, -0.05) is 18.2 Å². The smallest absolute Gasteiger partial charge is 0.347 e. The fourth-order valence-corrected chi connectivity index (χ4v) is 1.77. The molecule has 0 bridgehead atoms. The first kappa shape index (κ1) is 10.8. The standard InChI is InChI=1S/C10H11N3O2S/c1-15-6-7-4-2-3-5-8(7)13-9(14)11-12-10(13)16/h2-5H,6H2,1H3,(H,11,14)(H,12,16). The number of nitrogens with one attached hydrogen (secondary N) is 2. The summed E-state index contributed by atoms with van der Waals surface area (Å²) in [5.74, 6) is 0. The van der Waals surface area contributed by atoms with E-state index < -0.39 is 0 Å². The van der Waals surface area contributed by atoms with Crippen molar-refractivity contribution in [3.05, 3.63) is 45.1 Å².